The largest absolute Gasteiger partial charge is 0.497 e. The standard InChI is InChI=1S/C20H16Cl2N2O4S/c1-28-14-5-4-6-15(12-14)29(26,27)24-18-8-3-2-7-16(18)20(25)23-19-10-9-13(21)11-17(19)22/h2-12,24H,1H3,(H,23,25). The lowest BCUT2D eigenvalue weighted by atomic mass is 10.1. The van der Waals surface area contributed by atoms with Crippen molar-refractivity contribution in [1.82, 2.24) is 0 Å². The van der Waals surface area contributed by atoms with Crippen molar-refractivity contribution in [2.75, 3.05) is 17.1 Å². The summed E-state index contributed by atoms with van der Waals surface area (Å²) < 4.78 is 33.0. The van der Waals surface area contributed by atoms with Gasteiger partial charge in [0.1, 0.15) is 5.75 Å². The van der Waals surface area contributed by atoms with Crippen molar-refractivity contribution < 1.29 is 17.9 Å². The number of para-hydroxylation sites is 1. The van der Waals surface area contributed by atoms with E-state index in [1.165, 1.54) is 37.4 Å². The van der Waals surface area contributed by atoms with Crippen molar-refractivity contribution in [3.63, 3.8) is 0 Å². The van der Waals surface area contributed by atoms with Gasteiger partial charge >= 0.3 is 0 Å². The minimum Gasteiger partial charge on any atom is -0.497 e. The Morgan fingerprint density at radius 3 is 2.41 bits per heavy atom. The molecular weight excluding hydrogens is 435 g/mol. The van der Waals surface area contributed by atoms with Crippen LogP contribution in [-0.4, -0.2) is 21.4 Å². The minimum absolute atomic E-state index is 0.00723. The van der Waals surface area contributed by atoms with Gasteiger partial charge < -0.3 is 10.1 Å². The van der Waals surface area contributed by atoms with Crippen molar-refractivity contribution >= 4 is 50.5 Å². The van der Waals surface area contributed by atoms with Crippen LogP contribution in [0.1, 0.15) is 10.4 Å². The molecule has 0 aliphatic rings. The number of methoxy groups -OCH3 is 1. The van der Waals surface area contributed by atoms with Crippen molar-refractivity contribution in [2.45, 2.75) is 4.90 Å². The van der Waals surface area contributed by atoms with Gasteiger partial charge in [-0.3, -0.25) is 9.52 Å². The number of anilines is 2. The number of amides is 1. The van der Waals surface area contributed by atoms with Crippen LogP contribution in [0.5, 0.6) is 5.75 Å². The number of carbonyl (C=O) groups excluding carboxylic acids is 1. The van der Waals surface area contributed by atoms with Gasteiger partial charge in [-0.1, -0.05) is 41.4 Å². The first kappa shape index (κ1) is 21.0. The fourth-order valence-corrected chi connectivity index (χ4v) is 4.09. The Kier molecular flexibility index (Phi) is 6.32. The highest BCUT2D eigenvalue weighted by molar-refractivity contribution is 7.92. The smallest absolute Gasteiger partial charge is 0.262 e. The van der Waals surface area contributed by atoms with E-state index < -0.39 is 15.9 Å². The van der Waals surface area contributed by atoms with Crippen molar-refractivity contribution in [3.05, 3.63) is 82.3 Å². The summed E-state index contributed by atoms with van der Waals surface area (Å²) in [4.78, 5) is 12.7. The molecule has 0 bridgehead atoms. The topological polar surface area (TPSA) is 84.5 Å². The number of hydrogen-bond donors (Lipinski definition) is 2. The number of sulfonamides is 1. The Balaban J connectivity index is 1.89. The molecule has 0 fully saturated rings. The van der Waals surface area contributed by atoms with Crippen LogP contribution in [0.4, 0.5) is 11.4 Å². The third kappa shape index (κ3) is 5.00. The average molecular weight is 451 g/mol. The van der Waals surface area contributed by atoms with Gasteiger partial charge in [0.2, 0.25) is 0 Å². The number of ether oxygens (including phenoxy) is 1. The maximum absolute atomic E-state index is 12.8. The van der Waals surface area contributed by atoms with E-state index in [9.17, 15) is 13.2 Å². The van der Waals surface area contributed by atoms with E-state index in [-0.39, 0.29) is 21.2 Å². The van der Waals surface area contributed by atoms with Gasteiger partial charge in [-0.25, -0.2) is 8.42 Å². The third-order valence-corrected chi connectivity index (χ3v) is 5.86. The fourth-order valence-electron chi connectivity index (χ4n) is 2.52. The molecule has 2 N–H and O–H groups in total. The van der Waals surface area contributed by atoms with Crippen LogP contribution in [0.2, 0.25) is 10.0 Å². The summed E-state index contributed by atoms with van der Waals surface area (Å²) in [6, 6.07) is 16.9. The van der Waals surface area contributed by atoms with Crippen molar-refractivity contribution in [1.29, 1.82) is 0 Å². The minimum atomic E-state index is -3.94. The fraction of sp³-hybridized carbons (Fsp3) is 0.0500. The Morgan fingerprint density at radius 1 is 0.931 bits per heavy atom. The van der Waals surface area contributed by atoms with Gasteiger partial charge in [0.25, 0.3) is 15.9 Å². The molecule has 0 atom stereocenters. The van der Waals surface area contributed by atoms with Crippen LogP contribution in [0.25, 0.3) is 0 Å². The molecule has 0 unspecified atom stereocenters. The predicted molar refractivity (Wildman–Crippen MR) is 115 cm³/mol. The van der Waals surface area contributed by atoms with E-state index in [0.29, 0.717) is 16.5 Å². The molecule has 3 rings (SSSR count). The molecule has 1 amide bonds. The highest BCUT2D eigenvalue weighted by Gasteiger charge is 2.19. The van der Waals surface area contributed by atoms with E-state index in [1.807, 2.05) is 0 Å². The predicted octanol–water partition coefficient (Wildman–Crippen LogP) is 5.06. The number of hydrogen-bond acceptors (Lipinski definition) is 4. The maximum atomic E-state index is 12.8. The average Bonchev–Trinajstić information content (AvgIpc) is 2.70. The molecule has 3 aromatic rings. The highest BCUT2D eigenvalue weighted by Crippen LogP contribution is 2.27. The van der Waals surface area contributed by atoms with Crippen LogP contribution in [0, 0.1) is 0 Å². The third-order valence-electron chi connectivity index (χ3n) is 3.95. The van der Waals surface area contributed by atoms with E-state index in [4.69, 9.17) is 27.9 Å². The Morgan fingerprint density at radius 2 is 1.69 bits per heavy atom. The highest BCUT2D eigenvalue weighted by atomic mass is 35.5. The number of carbonyl (C=O) groups is 1. The van der Waals surface area contributed by atoms with Gasteiger partial charge in [-0.15, -0.1) is 0 Å². The van der Waals surface area contributed by atoms with Gasteiger partial charge in [0.05, 0.1) is 34.0 Å². The Bertz CT molecular complexity index is 1170. The molecule has 29 heavy (non-hydrogen) atoms. The summed E-state index contributed by atoms with van der Waals surface area (Å²) in [5.41, 5.74) is 0.606. The summed E-state index contributed by atoms with van der Waals surface area (Å²) in [7, 11) is -2.50. The van der Waals surface area contributed by atoms with Crippen LogP contribution in [0.15, 0.2) is 71.6 Å². The number of nitrogens with one attached hydrogen (secondary N) is 2. The zero-order valence-corrected chi connectivity index (χ0v) is 17.5. The molecule has 0 heterocycles. The molecule has 6 nitrogen and oxygen atoms in total. The first-order valence-electron chi connectivity index (χ1n) is 8.32. The normalized spacial score (nSPS) is 11.0. The Labute approximate surface area is 178 Å². The lowest BCUT2D eigenvalue weighted by Crippen LogP contribution is -2.18. The second-order valence-corrected chi connectivity index (χ2v) is 8.43. The summed E-state index contributed by atoms with van der Waals surface area (Å²) in [6.45, 7) is 0. The monoisotopic (exact) mass is 450 g/mol. The summed E-state index contributed by atoms with van der Waals surface area (Å²) in [6.07, 6.45) is 0. The van der Waals surface area contributed by atoms with Gasteiger partial charge in [0.15, 0.2) is 0 Å². The lowest BCUT2D eigenvalue weighted by molar-refractivity contribution is 0.102. The molecule has 0 aliphatic heterocycles. The van der Waals surface area contributed by atoms with Gasteiger partial charge in [-0.05, 0) is 42.5 Å². The van der Waals surface area contributed by atoms with E-state index >= 15 is 0 Å². The summed E-state index contributed by atoms with van der Waals surface area (Å²) >= 11 is 12.0. The van der Waals surface area contributed by atoms with E-state index in [0.717, 1.165) is 0 Å². The molecule has 0 radical (unpaired) electrons. The summed E-state index contributed by atoms with van der Waals surface area (Å²) in [5, 5.41) is 3.35. The quantitative estimate of drug-likeness (QED) is 0.549. The number of benzene rings is 3. The summed E-state index contributed by atoms with van der Waals surface area (Å²) in [5.74, 6) is -0.130. The molecule has 3 aromatic carbocycles. The molecule has 9 heteroatoms. The number of rotatable bonds is 6. The van der Waals surface area contributed by atoms with Gasteiger partial charge in [0, 0.05) is 11.1 Å². The zero-order valence-electron chi connectivity index (χ0n) is 15.1. The molecule has 0 spiro atoms. The number of halogens is 2. The van der Waals surface area contributed by atoms with E-state index in [2.05, 4.69) is 10.0 Å². The first-order chi connectivity index (χ1) is 13.8. The van der Waals surface area contributed by atoms with Crippen LogP contribution < -0.4 is 14.8 Å². The SMILES string of the molecule is COc1cccc(S(=O)(=O)Nc2ccccc2C(=O)Nc2ccc(Cl)cc2Cl)c1. The Hall–Kier alpha value is -2.74. The molecule has 150 valence electrons. The van der Waals surface area contributed by atoms with Crippen LogP contribution >= 0.6 is 23.2 Å². The van der Waals surface area contributed by atoms with Crippen LogP contribution in [0.3, 0.4) is 0 Å². The molecule has 0 saturated carbocycles. The van der Waals surface area contributed by atoms with Crippen LogP contribution in [-0.2, 0) is 10.0 Å². The maximum Gasteiger partial charge on any atom is 0.262 e. The van der Waals surface area contributed by atoms with E-state index in [1.54, 1.807) is 36.4 Å². The zero-order chi connectivity index (χ0) is 21.0. The molecular formula is C20H16Cl2N2O4S. The lowest BCUT2D eigenvalue weighted by Gasteiger charge is -2.14. The molecule has 0 aliphatic carbocycles. The van der Waals surface area contributed by atoms with Gasteiger partial charge in [-0.2, -0.15) is 0 Å². The molecule has 0 saturated heterocycles. The molecule has 0 aromatic heterocycles. The van der Waals surface area contributed by atoms with Crippen molar-refractivity contribution in [2.24, 2.45) is 0 Å². The second kappa shape index (κ2) is 8.73. The second-order valence-electron chi connectivity index (χ2n) is 5.91. The first-order valence-corrected chi connectivity index (χ1v) is 10.6. The van der Waals surface area contributed by atoms with Crippen molar-refractivity contribution in [3.8, 4) is 5.75 Å².